The highest BCUT2D eigenvalue weighted by molar-refractivity contribution is 6.20. The smallest absolute Gasteiger partial charge is 0.160 e. The second-order valence-corrected chi connectivity index (χ2v) is 18.1. The Hall–Kier alpha value is -8.86. The predicted molar refractivity (Wildman–Crippen MR) is 278 cm³/mol. The molecule has 0 radical (unpaired) electrons. The molecule has 1 aliphatic heterocycles. The van der Waals surface area contributed by atoms with E-state index >= 15 is 0 Å². The zero-order valence-electron chi connectivity index (χ0n) is 36.2. The third-order valence-corrected chi connectivity index (χ3v) is 14.3. The lowest BCUT2D eigenvalue weighted by atomic mass is 9.90. The van der Waals surface area contributed by atoms with Crippen molar-refractivity contribution < 1.29 is 4.42 Å². The van der Waals surface area contributed by atoms with Crippen molar-refractivity contribution in [3.8, 4) is 50.7 Å². The maximum absolute atomic E-state index is 6.91. The molecular weight excluding hydrogens is 815 g/mol. The van der Waals surface area contributed by atoms with Gasteiger partial charge in [-0.05, 0) is 108 Å². The number of benzene rings is 11. The minimum Gasteiger partial charge on any atom is -0.456 e. The molecule has 14 aromatic rings. The number of hydrogen-bond donors (Lipinski definition) is 0. The molecule has 4 heterocycles. The van der Waals surface area contributed by atoms with Gasteiger partial charge in [-0.25, -0.2) is 9.97 Å². The monoisotopic (exact) mass is 851 g/mol. The summed E-state index contributed by atoms with van der Waals surface area (Å²) in [6.45, 7) is 0. The van der Waals surface area contributed by atoms with E-state index in [0.29, 0.717) is 12.2 Å². The first kappa shape index (κ1) is 36.5. The van der Waals surface area contributed by atoms with Crippen LogP contribution in [0.4, 0.5) is 0 Å². The van der Waals surface area contributed by atoms with Crippen molar-refractivity contribution in [1.29, 1.82) is 0 Å². The summed E-state index contributed by atoms with van der Waals surface area (Å²) in [5.41, 5.74) is 14.5. The maximum atomic E-state index is 6.91. The molecule has 0 fully saturated rings. The van der Waals surface area contributed by atoms with Gasteiger partial charge in [-0.15, -0.1) is 0 Å². The van der Waals surface area contributed by atoms with Gasteiger partial charge >= 0.3 is 0 Å². The average Bonchev–Trinajstić information content (AvgIpc) is 3.91. The van der Waals surface area contributed by atoms with Gasteiger partial charge in [-0.3, -0.25) is 0 Å². The first-order valence-corrected chi connectivity index (χ1v) is 23.0. The van der Waals surface area contributed by atoms with Gasteiger partial charge in [0.1, 0.15) is 11.2 Å². The number of hydrogen-bond acceptors (Lipinski definition) is 3. The van der Waals surface area contributed by atoms with Crippen LogP contribution in [0.3, 0.4) is 0 Å². The summed E-state index contributed by atoms with van der Waals surface area (Å²) in [6, 6.07) is 77.2. The van der Waals surface area contributed by atoms with Gasteiger partial charge in [0.15, 0.2) is 5.82 Å². The number of fused-ring (bicyclic) bond motifs is 17. The number of rotatable bonds is 3. The second kappa shape index (κ2) is 13.8. The molecule has 0 N–H and O–H groups in total. The molecule has 0 amide bonds. The Balaban J connectivity index is 1.09. The van der Waals surface area contributed by atoms with E-state index in [1.807, 2.05) is 0 Å². The SMILES string of the molecule is c1ccc(-c2ccc(-c3nc(-c4ccc5c(ccc6ccccc65)c4)c4c(n3)-c3c(ccc5oc6cc7ccccc7cc6c35)-n3c5cc(ccc5c5cc6ccccc6cc53)C4)cc2)cc1. The van der Waals surface area contributed by atoms with Crippen LogP contribution in [0.15, 0.2) is 217 Å². The molecule has 2 bridgehead atoms. The van der Waals surface area contributed by atoms with Gasteiger partial charge in [-0.1, -0.05) is 164 Å². The standard InChI is InChI=1S/C63H37N3O/c1-2-10-38(11-3-1)39-19-22-41(23-20-39)63-64-61(47-25-27-49-46(32-47)24-21-40-12-8-9-17-48(40)49)53-30-37-18-26-50-51-33-42-13-4-6-15-44(42)35-56(51)66(55(50)31-37)54-28-29-57-59(60(54)62(53)65-63)52-34-43-14-5-7-16-45(43)36-58(52)67-57/h1-29,31-36H,30H2. The normalized spacial score (nSPS) is 12.4. The molecule has 11 aromatic carbocycles. The number of nitrogens with zero attached hydrogens (tertiary/aromatic N) is 3. The zero-order valence-corrected chi connectivity index (χ0v) is 36.2. The van der Waals surface area contributed by atoms with Crippen LogP contribution in [-0.4, -0.2) is 14.5 Å². The third kappa shape index (κ3) is 5.47. The van der Waals surface area contributed by atoms with Crippen molar-refractivity contribution in [3.63, 3.8) is 0 Å². The summed E-state index contributed by atoms with van der Waals surface area (Å²) in [6.07, 6.45) is 0.627. The summed E-state index contributed by atoms with van der Waals surface area (Å²) >= 11 is 0. The van der Waals surface area contributed by atoms with Gasteiger partial charge in [0, 0.05) is 50.2 Å². The zero-order chi connectivity index (χ0) is 43.7. The molecule has 0 unspecified atom stereocenters. The van der Waals surface area contributed by atoms with E-state index < -0.39 is 0 Å². The van der Waals surface area contributed by atoms with E-state index in [1.165, 1.54) is 59.7 Å². The van der Waals surface area contributed by atoms with Crippen LogP contribution in [0.5, 0.6) is 0 Å². The molecular formula is C63H37N3O. The van der Waals surface area contributed by atoms with Crippen molar-refractivity contribution in [3.05, 3.63) is 223 Å². The Bertz CT molecular complexity index is 4410. The van der Waals surface area contributed by atoms with Gasteiger partial charge < -0.3 is 8.98 Å². The molecule has 3 aromatic heterocycles. The highest BCUT2D eigenvalue weighted by Gasteiger charge is 2.29. The highest BCUT2D eigenvalue weighted by atomic mass is 16.3. The van der Waals surface area contributed by atoms with Gasteiger partial charge in [-0.2, -0.15) is 0 Å². The van der Waals surface area contributed by atoms with Gasteiger partial charge in [0.25, 0.3) is 0 Å². The van der Waals surface area contributed by atoms with E-state index in [-0.39, 0.29) is 0 Å². The van der Waals surface area contributed by atoms with E-state index in [4.69, 9.17) is 14.4 Å². The molecule has 0 saturated heterocycles. The molecule has 4 nitrogen and oxygen atoms in total. The molecule has 0 aliphatic carbocycles. The molecule has 0 saturated carbocycles. The summed E-state index contributed by atoms with van der Waals surface area (Å²) in [5.74, 6) is 0.674. The fraction of sp³-hybridized carbons (Fsp3) is 0.0159. The van der Waals surface area contributed by atoms with Crippen LogP contribution < -0.4 is 0 Å². The topological polar surface area (TPSA) is 43.9 Å². The third-order valence-electron chi connectivity index (χ3n) is 14.3. The minimum absolute atomic E-state index is 0.627. The lowest BCUT2D eigenvalue weighted by molar-refractivity contribution is 0.669. The lowest BCUT2D eigenvalue weighted by Crippen LogP contribution is -2.06. The van der Waals surface area contributed by atoms with Crippen LogP contribution >= 0.6 is 0 Å². The molecule has 0 spiro atoms. The van der Waals surface area contributed by atoms with Crippen LogP contribution in [-0.2, 0) is 6.42 Å². The van der Waals surface area contributed by atoms with Crippen LogP contribution in [0.2, 0.25) is 0 Å². The Labute approximate surface area is 384 Å². The highest BCUT2D eigenvalue weighted by Crippen LogP contribution is 2.48. The second-order valence-electron chi connectivity index (χ2n) is 18.1. The Morgan fingerprint density at radius 2 is 0.985 bits per heavy atom. The van der Waals surface area contributed by atoms with Crippen molar-refractivity contribution >= 4 is 86.8 Å². The van der Waals surface area contributed by atoms with Gasteiger partial charge in [0.2, 0.25) is 0 Å². The number of furan rings is 1. The van der Waals surface area contributed by atoms with Gasteiger partial charge in [0.05, 0.1) is 28.1 Å². The van der Waals surface area contributed by atoms with E-state index in [2.05, 4.69) is 217 Å². The van der Waals surface area contributed by atoms with Crippen LogP contribution in [0, 0.1) is 0 Å². The predicted octanol–water partition coefficient (Wildman–Crippen LogP) is 16.7. The molecule has 4 heteroatoms. The van der Waals surface area contributed by atoms with Crippen LogP contribution in [0.25, 0.3) is 138 Å². The Morgan fingerprint density at radius 3 is 1.81 bits per heavy atom. The average molecular weight is 852 g/mol. The Kier molecular flexibility index (Phi) is 7.53. The summed E-state index contributed by atoms with van der Waals surface area (Å²) in [4.78, 5) is 11.5. The molecule has 1 aliphatic rings. The summed E-state index contributed by atoms with van der Waals surface area (Å²) in [5, 5.41) is 14.2. The van der Waals surface area contributed by atoms with E-state index in [0.717, 1.165) is 83.1 Å². The van der Waals surface area contributed by atoms with Crippen LogP contribution in [0.1, 0.15) is 11.1 Å². The van der Waals surface area contributed by atoms with Crippen molar-refractivity contribution in [2.75, 3.05) is 0 Å². The quantitative estimate of drug-likeness (QED) is 0.166. The largest absolute Gasteiger partial charge is 0.456 e. The minimum atomic E-state index is 0.627. The number of aromatic nitrogens is 3. The Morgan fingerprint density at radius 1 is 0.373 bits per heavy atom. The first-order chi connectivity index (χ1) is 33.2. The molecule has 0 atom stereocenters. The summed E-state index contributed by atoms with van der Waals surface area (Å²) < 4.78 is 9.39. The fourth-order valence-corrected chi connectivity index (χ4v) is 11.1. The van der Waals surface area contributed by atoms with E-state index in [1.54, 1.807) is 0 Å². The molecule has 67 heavy (non-hydrogen) atoms. The lowest BCUT2D eigenvalue weighted by Gasteiger charge is -2.20. The maximum Gasteiger partial charge on any atom is 0.160 e. The first-order valence-electron chi connectivity index (χ1n) is 23.0. The fourth-order valence-electron chi connectivity index (χ4n) is 11.1. The van der Waals surface area contributed by atoms with Crippen molar-refractivity contribution in [2.45, 2.75) is 6.42 Å². The molecule has 310 valence electrons. The van der Waals surface area contributed by atoms with Crippen molar-refractivity contribution in [1.82, 2.24) is 14.5 Å². The molecule has 15 rings (SSSR count). The van der Waals surface area contributed by atoms with Crippen molar-refractivity contribution in [2.24, 2.45) is 0 Å². The van der Waals surface area contributed by atoms with E-state index in [9.17, 15) is 0 Å². The summed E-state index contributed by atoms with van der Waals surface area (Å²) in [7, 11) is 0.